The van der Waals surface area contributed by atoms with Crippen LogP contribution < -0.4 is 10.1 Å². The van der Waals surface area contributed by atoms with Crippen molar-refractivity contribution in [2.24, 2.45) is 5.10 Å². The van der Waals surface area contributed by atoms with E-state index >= 15 is 0 Å². The van der Waals surface area contributed by atoms with E-state index in [1.54, 1.807) is 37.3 Å². The Kier molecular flexibility index (Phi) is 6.99. The molecule has 0 unspecified atom stereocenters. The van der Waals surface area contributed by atoms with Gasteiger partial charge in [-0.25, -0.2) is 13.8 Å². The highest BCUT2D eigenvalue weighted by Gasteiger charge is 2.14. The molecule has 0 bridgehead atoms. The first-order valence-electron chi connectivity index (χ1n) is 9.61. The number of allylic oxidation sites excluding steroid dienone is 1. The minimum absolute atomic E-state index is 0.174. The Morgan fingerprint density at radius 1 is 0.903 bits per heavy atom. The van der Waals surface area contributed by atoms with Crippen LogP contribution in [0.4, 0.5) is 5.69 Å². The summed E-state index contributed by atoms with van der Waals surface area (Å²) in [6.45, 7) is 3.67. The van der Waals surface area contributed by atoms with E-state index in [2.05, 4.69) is 15.2 Å². The van der Waals surface area contributed by atoms with Crippen molar-refractivity contribution in [1.29, 1.82) is 0 Å². The zero-order chi connectivity index (χ0) is 22.3. The summed E-state index contributed by atoms with van der Waals surface area (Å²) in [4.78, 5) is 12.5. The molecule has 158 valence electrons. The predicted octanol–water partition coefficient (Wildman–Crippen LogP) is 4.61. The molecular weight excluding hydrogens is 410 g/mol. The van der Waals surface area contributed by atoms with Gasteiger partial charge in [0, 0.05) is 11.3 Å². The van der Waals surface area contributed by atoms with Crippen LogP contribution in [0.1, 0.15) is 28.4 Å². The molecule has 0 fully saturated rings. The number of sulfonamides is 1. The zero-order valence-corrected chi connectivity index (χ0v) is 18.1. The maximum absolute atomic E-state index is 12.5. The van der Waals surface area contributed by atoms with E-state index in [0.29, 0.717) is 17.0 Å². The summed E-state index contributed by atoms with van der Waals surface area (Å²) in [5.74, 6) is -0.389. The summed E-state index contributed by atoms with van der Waals surface area (Å²) in [5.41, 5.74) is 5.87. The van der Waals surface area contributed by atoms with Crippen molar-refractivity contribution in [3.63, 3.8) is 0 Å². The standard InChI is InChI=1S/C24H23N3O3S/c1-18-8-16-23(17-9-18)31(29,30)27-22-14-12-21(13-15-22)24(28)26-25-19(2)10-11-20-6-4-3-5-7-20/h3-17,27H,1-2H3,(H,26,28)/b11-10+,25-19-. The van der Waals surface area contributed by atoms with Crippen molar-refractivity contribution in [3.05, 3.63) is 102 Å². The van der Waals surface area contributed by atoms with Gasteiger partial charge >= 0.3 is 0 Å². The molecule has 31 heavy (non-hydrogen) atoms. The fraction of sp³-hybridized carbons (Fsp3) is 0.0833. The van der Waals surface area contributed by atoms with E-state index in [0.717, 1.165) is 11.1 Å². The average Bonchev–Trinajstić information content (AvgIpc) is 2.77. The number of amides is 1. The van der Waals surface area contributed by atoms with Crippen LogP contribution in [-0.4, -0.2) is 20.0 Å². The Labute approximate surface area is 182 Å². The molecule has 0 atom stereocenters. The summed E-state index contributed by atoms with van der Waals surface area (Å²) >= 11 is 0. The first-order chi connectivity index (χ1) is 14.8. The van der Waals surface area contributed by atoms with E-state index in [1.165, 1.54) is 24.3 Å². The maximum atomic E-state index is 12.5. The highest BCUT2D eigenvalue weighted by molar-refractivity contribution is 7.92. The largest absolute Gasteiger partial charge is 0.280 e. The van der Waals surface area contributed by atoms with Crippen LogP contribution in [0.5, 0.6) is 0 Å². The number of carbonyl (C=O) groups excluding carboxylic acids is 1. The molecule has 0 aromatic heterocycles. The molecule has 2 N–H and O–H groups in total. The van der Waals surface area contributed by atoms with Gasteiger partial charge in [-0.3, -0.25) is 9.52 Å². The van der Waals surface area contributed by atoms with E-state index in [4.69, 9.17) is 0 Å². The van der Waals surface area contributed by atoms with Gasteiger partial charge in [0.05, 0.1) is 10.6 Å². The van der Waals surface area contributed by atoms with Crippen LogP contribution in [0.2, 0.25) is 0 Å². The lowest BCUT2D eigenvalue weighted by molar-refractivity contribution is 0.0955. The monoisotopic (exact) mass is 433 g/mol. The molecule has 0 aliphatic carbocycles. The van der Waals surface area contributed by atoms with Crippen molar-refractivity contribution < 1.29 is 13.2 Å². The first-order valence-corrected chi connectivity index (χ1v) is 11.1. The van der Waals surface area contributed by atoms with Gasteiger partial charge in [0.15, 0.2) is 0 Å². The molecule has 1 amide bonds. The fourth-order valence-corrected chi connectivity index (χ4v) is 3.70. The maximum Gasteiger partial charge on any atom is 0.271 e. The number of nitrogens with zero attached hydrogens (tertiary/aromatic N) is 1. The Morgan fingerprint density at radius 3 is 2.19 bits per heavy atom. The van der Waals surface area contributed by atoms with Crippen molar-refractivity contribution >= 4 is 33.4 Å². The molecule has 0 radical (unpaired) electrons. The molecule has 0 aliphatic rings. The molecule has 0 spiro atoms. The summed E-state index contributed by atoms with van der Waals surface area (Å²) in [6, 6.07) is 22.5. The third-order valence-corrected chi connectivity index (χ3v) is 5.78. The molecule has 6 nitrogen and oxygen atoms in total. The Balaban J connectivity index is 1.61. The second-order valence-electron chi connectivity index (χ2n) is 6.93. The van der Waals surface area contributed by atoms with Gasteiger partial charge in [0.25, 0.3) is 15.9 Å². The van der Waals surface area contributed by atoms with Crippen LogP contribution in [0.3, 0.4) is 0 Å². The minimum Gasteiger partial charge on any atom is -0.280 e. The number of carbonyl (C=O) groups is 1. The predicted molar refractivity (Wildman–Crippen MR) is 124 cm³/mol. The number of hydrogen-bond donors (Lipinski definition) is 2. The van der Waals surface area contributed by atoms with Crippen LogP contribution in [0.15, 0.2) is 94.9 Å². The number of hydrazone groups is 1. The number of benzene rings is 3. The van der Waals surface area contributed by atoms with Crippen LogP contribution >= 0.6 is 0 Å². The Hall–Kier alpha value is -3.71. The molecule has 0 saturated heterocycles. The first kappa shape index (κ1) is 22.0. The lowest BCUT2D eigenvalue weighted by Gasteiger charge is -2.09. The summed E-state index contributed by atoms with van der Waals surface area (Å²) in [5, 5.41) is 4.06. The smallest absolute Gasteiger partial charge is 0.271 e. The van der Waals surface area contributed by atoms with Gasteiger partial charge in [-0.2, -0.15) is 5.10 Å². The zero-order valence-electron chi connectivity index (χ0n) is 17.2. The van der Waals surface area contributed by atoms with Gasteiger partial charge in [-0.1, -0.05) is 54.1 Å². The molecule has 7 heteroatoms. The van der Waals surface area contributed by atoms with Crippen LogP contribution in [0.25, 0.3) is 6.08 Å². The molecule has 3 aromatic rings. The lowest BCUT2D eigenvalue weighted by Crippen LogP contribution is -2.19. The Bertz CT molecular complexity index is 1200. The molecule has 0 saturated carbocycles. The minimum atomic E-state index is -3.69. The van der Waals surface area contributed by atoms with E-state index in [9.17, 15) is 13.2 Å². The molecule has 0 heterocycles. The van der Waals surface area contributed by atoms with Crippen molar-refractivity contribution in [1.82, 2.24) is 5.43 Å². The number of rotatable bonds is 7. The third kappa shape index (κ3) is 6.38. The highest BCUT2D eigenvalue weighted by Crippen LogP contribution is 2.17. The van der Waals surface area contributed by atoms with Crippen LogP contribution in [-0.2, 0) is 10.0 Å². The molecule has 0 aliphatic heterocycles. The number of aryl methyl sites for hydroxylation is 1. The lowest BCUT2D eigenvalue weighted by atomic mass is 10.2. The molecule has 3 rings (SSSR count). The Morgan fingerprint density at radius 2 is 1.55 bits per heavy atom. The SMILES string of the molecule is CC(/C=C/c1ccccc1)=N/NC(=O)c1ccc(NS(=O)(=O)c2ccc(C)cc2)cc1. The topological polar surface area (TPSA) is 87.6 Å². The van der Waals surface area contributed by atoms with Crippen molar-refractivity contribution in [2.75, 3.05) is 4.72 Å². The number of nitrogens with one attached hydrogen (secondary N) is 2. The van der Waals surface area contributed by atoms with Gasteiger partial charge in [0.1, 0.15) is 0 Å². The highest BCUT2D eigenvalue weighted by atomic mass is 32.2. The summed E-state index contributed by atoms with van der Waals surface area (Å²) < 4.78 is 27.4. The average molecular weight is 434 g/mol. The third-order valence-electron chi connectivity index (χ3n) is 4.38. The van der Waals surface area contributed by atoms with Crippen molar-refractivity contribution in [3.8, 4) is 0 Å². The van der Waals surface area contributed by atoms with Gasteiger partial charge in [-0.15, -0.1) is 0 Å². The normalized spacial score (nSPS) is 12.0. The summed E-state index contributed by atoms with van der Waals surface area (Å²) in [6.07, 6.45) is 3.71. The van der Waals surface area contributed by atoms with Gasteiger partial charge in [0.2, 0.25) is 0 Å². The van der Waals surface area contributed by atoms with E-state index in [-0.39, 0.29) is 10.8 Å². The van der Waals surface area contributed by atoms with Crippen LogP contribution in [0, 0.1) is 6.92 Å². The van der Waals surface area contributed by atoms with E-state index in [1.807, 2.05) is 43.3 Å². The fourth-order valence-electron chi connectivity index (χ4n) is 2.64. The van der Waals surface area contributed by atoms with Gasteiger partial charge in [-0.05, 0) is 61.9 Å². The van der Waals surface area contributed by atoms with Crippen molar-refractivity contribution in [2.45, 2.75) is 18.7 Å². The number of anilines is 1. The molecule has 3 aromatic carbocycles. The van der Waals surface area contributed by atoms with E-state index < -0.39 is 10.0 Å². The quantitative estimate of drug-likeness (QED) is 0.421. The molecular formula is C24H23N3O3S. The second-order valence-corrected chi connectivity index (χ2v) is 8.62. The van der Waals surface area contributed by atoms with Gasteiger partial charge < -0.3 is 0 Å². The summed E-state index contributed by atoms with van der Waals surface area (Å²) in [7, 11) is -3.69. The number of hydrogen-bond acceptors (Lipinski definition) is 4. The second kappa shape index (κ2) is 9.86.